The van der Waals surface area contributed by atoms with Gasteiger partial charge in [-0.25, -0.2) is 19.4 Å². The lowest BCUT2D eigenvalue weighted by molar-refractivity contribution is 0.0455. The Morgan fingerprint density at radius 2 is 1.70 bits per heavy atom. The number of hydrogen-bond donors (Lipinski definition) is 1. The summed E-state index contributed by atoms with van der Waals surface area (Å²) in [6.07, 6.45) is 0. The average molecular weight is 361 g/mol. The summed E-state index contributed by atoms with van der Waals surface area (Å²) >= 11 is 0. The van der Waals surface area contributed by atoms with Gasteiger partial charge in [-0.2, -0.15) is 5.10 Å². The molecule has 0 fully saturated rings. The Hall–Kier alpha value is -3.81. The number of hydrogen-bond acceptors (Lipinski definition) is 7. The first-order valence-electron chi connectivity index (χ1n) is 8.19. The molecule has 0 saturated heterocycles. The number of ether oxygens (including phenoxy) is 1. The molecule has 2 N–H and O–H groups in total. The van der Waals surface area contributed by atoms with Crippen LogP contribution in [0.2, 0.25) is 0 Å². The summed E-state index contributed by atoms with van der Waals surface area (Å²) in [5.41, 5.74) is 6.38. The number of anilines is 1. The maximum absolute atomic E-state index is 12.6. The molecule has 0 aliphatic rings. The minimum atomic E-state index is -0.669. The highest BCUT2D eigenvalue weighted by molar-refractivity contribution is 6.02. The zero-order valence-corrected chi connectivity index (χ0v) is 14.4. The van der Waals surface area contributed by atoms with Crippen molar-refractivity contribution in [3.05, 3.63) is 70.4 Å². The number of aromatic nitrogens is 4. The van der Waals surface area contributed by atoms with E-state index >= 15 is 0 Å². The Balaban J connectivity index is 1.65. The molecule has 0 saturated carbocycles. The Kier molecular flexibility index (Phi) is 4.00. The van der Waals surface area contributed by atoms with Crippen LogP contribution in [0.1, 0.15) is 16.3 Å². The average Bonchev–Trinajstić information content (AvgIpc) is 2.69. The molecule has 4 rings (SSSR count). The molecule has 2 heterocycles. The topological polar surface area (TPSA) is 113 Å². The normalized spacial score (nSPS) is 11.0. The van der Waals surface area contributed by atoms with Gasteiger partial charge in [0.2, 0.25) is 0 Å². The van der Waals surface area contributed by atoms with Gasteiger partial charge in [-0.3, -0.25) is 4.79 Å². The molecule has 2 aromatic heterocycles. The minimum Gasteiger partial charge on any atom is -0.453 e. The lowest BCUT2D eigenvalue weighted by Crippen LogP contribution is -2.24. The number of nitrogens with zero attached hydrogens (tertiary/aromatic N) is 4. The van der Waals surface area contributed by atoms with Crippen LogP contribution in [-0.4, -0.2) is 25.7 Å². The van der Waals surface area contributed by atoms with Crippen LogP contribution in [0.25, 0.3) is 21.7 Å². The van der Waals surface area contributed by atoms with Gasteiger partial charge in [0, 0.05) is 17.8 Å². The Morgan fingerprint density at radius 1 is 1.04 bits per heavy atom. The number of fused-ring (bicyclic) bond motifs is 2. The molecule has 4 aromatic rings. The van der Waals surface area contributed by atoms with Gasteiger partial charge in [0.1, 0.15) is 5.82 Å². The summed E-state index contributed by atoms with van der Waals surface area (Å²) in [7, 11) is 1.48. The molecule has 0 bridgehead atoms. The van der Waals surface area contributed by atoms with Gasteiger partial charge in [0.15, 0.2) is 18.1 Å². The third-order valence-electron chi connectivity index (χ3n) is 4.16. The molecular weight excluding hydrogens is 346 g/mol. The fourth-order valence-corrected chi connectivity index (χ4v) is 2.86. The molecule has 8 heteroatoms. The van der Waals surface area contributed by atoms with E-state index in [1.54, 1.807) is 30.3 Å². The van der Waals surface area contributed by atoms with E-state index in [9.17, 15) is 9.59 Å². The summed E-state index contributed by atoms with van der Waals surface area (Å²) in [5.74, 6) is -0.0665. The largest absolute Gasteiger partial charge is 0.453 e. The molecule has 0 unspecified atom stereocenters. The zero-order valence-electron chi connectivity index (χ0n) is 14.4. The number of aryl methyl sites for hydroxylation is 1. The molecule has 0 atom stereocenters. The number of para-hydroxylation sites is 1. The van der Waals surface area contributed by atoms with Crippen LogP contribution >= 0.6 is 0 Å². The maximum atomic E-state index is 12.6. The lowest BCUT2D eigenvalue weighted by Gasteiger charge is -2.09. The van der Waals surface area contributed by atoms with E-state index < -0.39 is 5.97 Å². The van der Waals surface area contributed by atoms with Gasteiger partial charge in [-0.05, 0) is 18.2 Å². The van der Waals surface area contributed by atoms with Crippen molar-refractivity contribution in [1.29, 1.82) is 0 Å². The second-order valence-corrected chi connectivity index (χ2v) is 5.94. The number of carbonyl (C=O) groups is 1. The number of carbonyl (C=O) groups excluding carboxylic acids is 1. The van der Waals surface area contributed by atoms with Gasteiger partial charge in [-0.15, -0.1) is 0 Å². The molecule has 27 heavy (non-hydrogen) atoms. The van der Waals surface area contributed by atoms with Gasteiger partial charge in [0.25, 0.3) is 5.56 Å². The predicted molar refractivity (Wildman–Crippen MR) is 100 cm³/mol. The molecule has 0 radical (unpaired) electrons. The second kappa shape index (κ2) is 6.49. The SMILES string of the molecule is Cn1nc(C(=O)OCc2nc(N)c3ccccc3n2)c2ccccc2c1=O. The summed E-state index contributed by atoms with van der Waals surface area (Å²) in [5, 5.41) is 5.61. The molecule has 0 aliphatic carbocycles. The van der Waals surface area contributed by atoms with E-state index in [-0.39, 0.29) is 23.7 Å². The van der Waals surface area contributed by atoms with E-state index in [0.29, 0.717) is 22.1 Å². The van der Waals surface area contributed by atoms with Crippen LogP contribution in [-0.2, 0) is 18.4 Å². The highest BCUT2D eigenvalue weighted by Crippen LogP contribution is 2.18. The predicted octanol–water partition coefficient (Wildman–Crippen LogP) is 1.82. The first kappa shape index (κ1) is 16.6. The van der Waals surface area contributed by atoms with Crippen molar-refractivity contribution in [2.75, 3.05) is 5.73 Å². The van der Waals surface area contributed by atoms with Crippen LogP contribution in [0, 0.1) is 0 Å². The molecule has 8 nitrogen and oxygen atoms in total. The van der Waals surface area contributed by atoms with Crippen LogP contribution in [0.5, 0.6) is 0 Å². The fourth-order valence-electron chi connectivity index (χ4n) is 2.86. The van der Waals surface area contributed by atoms with Crippen molar-refractivity contribution in [1.82, 2.24) is 19.7 Å². The highest BCUT2D eigenvalue weighted by atomic mass is 16.5. The molecule has 0 amide bonds. The van der Waals surface area contributed by atoms with E-state index in [1.807, 2.05) is 18.2 Å². The monoisotopic (exact) mass is 361 g/mol. The van der Waals surface area contributed by atoms with Crippen LogP contribution in [0.15, 0.2) is 53.3 Å². The second-order valence-electron chi connectivity index (χ2n) is 5.94. The van der Waals surface area contributed by atoms with Crippen molar-refractivity contribution in [2.45, 2.75) is 6.61 Å². The maximum Gasteiger partial charge on any atom is 0.359 e. The van der Waals surface area contributed by atoms with Gasteiger partial charge in [-0.1, -0.05) is 30.3 Å². The van der Waals surface area contributed by atoms with Crippen LogP contribution in [0.4, 0.5) is 5.82 Å². The van der Waals surface area contributed by atoms with Gasteiger partial charge >= 0.3 is 5.97 Å². The summed E-state index contributed by atoms with van der Waals surface area (Å²) < 4.78 is 6.44. The summed E-state index contributed by atoms with van der Waals surface area (Å²) in [6.45, 7) is -0.160. The van der Waals surface area contributed by atoms with E-state index in [0.717, 1.165) is 10.1 Å². The number of nitrogens with two attached hydrogens (primary N) is 1. The first-order chi connectivity index (χ1) is 13.0. The van der Waals surface area contributed by atoms with Crippen molar-refractivity contribution < 1.29 is 9.53 Å². The van der Waals surface area contributed by atoms with Crippen LogP contribution in [0.3, 0.4) is 0 Å². The first-order valence-corrected chi connectivity index (χ1v) is 8.19. The summed E-state index contributed by atoms with van der Waals surface area (Å²) in [4.78, 5) is 33.2. The Morgan fingerprint density at radius 3 is 2.48 bits per heavy atom. The quantitative estimate of drug-likeness (QED) is 0.554. The number of esters is 1. The van der Waals surface area contributed by atoms with E-state index in [1.165, 1.54) is 7.05 Å². The lowest BCUT2D eigenvalue weighted by atomic mass is 10.1. The smallest absolute Gasteiger partial charge is 0.359 e. The number of rotatable bonds is 3. The van der Waals surface area contributed by atoms with Crippen LogP contribution < -0.4 is 11.3 Å². The summed E-state index contributed by atoms with van der Waals surface area (Å²) in [6, 6.07) is 14.1. The highest BCUT2D eigenvalue weighted by Gasteiger charge is 2.17. The molecule has 2 aromatic carbocycles. The van der Waals surface area contributed by atoms with Gasteiger partial charge < -0.3 is 10.5 Å². The Labute approximate surface area is 153 Å². The Bertz CT molecular complexity index is 1250. The standard InChI is InChI=1S/C19H15N5O3/c1-24-18(25)12-7-3-2-6-11(12)16(23-24)19(26)27-10-15-21-14-9-5-4-8-13(14)17(20)22-15/h2-9H,10H2,1H3,(H2,20,21,22). The molecule has 134 valence electrons. The third kappa shape index (κ3) is 2.97. The number of benzene rings is 2. The zero-order chi connectivity index (χ0) is 19.0. The molecule has 0 aliphatic heterocycles. The molecular formula is C19H15N5O3. The number of nitrogen functional groups attached to an aromatic ring is 1. The molecule has 0 spiro atoms. The van der Waals surface area contributed by atoms with Crippen molar-refractivity contribution in [3.8, 4) is 0 Å². The van der Waals surface area contributed by atoms with E-state index in [4.69, 9.17) is 10.5 Å². The third-order valence-corrected chi connectivity index (χ3v) is 4.16. The van der Waals surface area contributed by atoms with Crippen molar-refractivity contribution in [3.63, 3.8) is 0 Å². The van der Waals surface area contributed by atoms with Crippen molar-refractivity contribution in [2.24, 2.45) is 7.05 Å². The van der Waals surface area contributed by atoms with Crippen molar-refractivity contribution >= 4 is 33.5 Å². The fraction of sp³-hybridized carbons (Fsp3) is 0.105. The van der Waals surface area contributed by atoms with Gasteiger partial charge in [0.05, 0.1) is 10.9 Å². The minimum absolute atomic E-state index is 0.0569. The van der Waals surface area contributed by atoms with E-state index in [2.05, 4.69) is 15.1 Å².